The van der Waals surface area contributed by atoms with Crippen molar-refractivity contribution in [3.63, 3.8) is 0 Å². The third-order valence-electron chi connectivity index (χ3n) is 3.77. The van der Waals surface area contributed by atoms with Crippen molar-refractivity contribution < 1.29 is 14.3 Å². The van der Waals surface area contributed by atoms with Crippen LogP contribution in [0.1, 0.15) is 48.5 Å². The van der Waals surface area contributed by atoms with Gasteiger partial charge in [0.15, 0.2) is 0 Å². The summed E-state index contributed by atoms with van der Waals surface area (Å²) >= 11 is 0. The summed E-state index contributed by atoms with van der Waals surface area (Å²) in [5.74, 6) is -0.0381. The van der Waals surface area contributed by atoms with Gasteiger partial charge in [-0.3, -0.25) is 4.79 Å². The molecular formula is C18H27NO3. The van der Waals surface area contributed by atoms with Crippen molar-refractivity contribution >= 4 is 5.91 Å². The fraction of sp³-hybridized carbons (Fsp3) is 0.611. The van der Waals surface area contributed by atoms with Gasteiger partial charge in [-0.15, -0.1) is 0 Å². The highest BCUT2D eigenvalue weighted by atomic mass is 16.6. The topological polar surface area (TPSA) is 50.9 Å². The normalized spacial score (nSPS) is 16.5. The first-order valence-corrected chi connectivity index (χ1v) is 8.36. The van der Waals surface area contributed by atoms with Crippen LogP contribution in [0, 0.1) is 0 Å². The monoisotopic (exact) mass is 305 g/mol. The molecule has 0 aromatic heterocycles. The zero-order chi connectivity index (χ0) is 15.6. The van der Waals surface area contributed by atoms with Crippen molar-refractivity contribution in [2.75, 3.05) is 26.4 Å². The van der Waals surface area contributed by atoms with E-state index in [1.54, 1.807) is 0 Å². The van der Waals surface area contributed by atoms with Crippen molar-refractivity contribution in [3.05, 3.63) is 35.4 Å². The second-order valence-corrected chi connectivity index (χ2v) is 5.79. The van der Waals surface area contributed by atoms with Crippen molar-refractivity contribution in [2.24, 2.45) is 0 Å². The molecule has 1 fully saturated rings. The van der Waals surface area contributed by atoms with Crippen LogP contribution in [0.4, 0.5) is 0 Å². The van der Waals surface area contributed by atoms with Crippen LogP contribution in [-0.2, 0) is 15.9 Å². The number of benzene rings is 1. The second-order valence-electron chi connectivity index (χ2n) is 5.79. The molecule has 4 nitrogen and oxygen atoms in total. The molecular weight excluding hydrogens is 278 g/mol. The summed E-state index contributed by atoms with van der Waals surface area (Å²) in [5, 5.41) is 2.87. The molecule has 0 bridgehead atoms. The van der Waals surface area contributed by atoms with E-state index in [0.29, 0.717) is 25.3 Å². The lowest BCUT2D eigenvalue weighted by atomic mass is 10.0. The average molecular weight is 305 g/mol. The van der Waals surface area contributed by atoms with Crippen molar-refractivity contribution in [3.8, 4) is 0 Å². The van der Waals surface area contributed by atoms with E-state index in [-0.39, 0.29) is 12.0 Å². The number of aryl methyl sites for hydroxylation is 1. The van der Waals surface area contributed by atoms with Gasteiger partial charge in [-0.1, -0.05) is 38.3 Å². The summed E-state index contributed by atoms with van der Waals surface area (Å²) < 4.78 is 10.4. The first-order valence-electron chi connectivity index (χ1n) is 8.36. The SMILES string of the molecule is CCCCCCc1ccc(C(=O)NCCOCC2CO2)cc1. The number of carbonyl (C=O) groups excluding carboxylic acids is 1. The Morgan fingerprint density at radius 2 is 2.05 bits per heavy atom. The predicted molar refractivity (Wildman–Crippen MR) is 87.2 cm³/mol. The lowest BCUT2D eigenvalue weighted by Crippen LogP contribution is -2.27. The third kappa shape index (κ3) is 6.58. The quantitative estimate of drug-likeness (QED) is 0.505. The number of amides is 1. The van der Waals surface area contributed by atoms with Crippen LogP contribution in [-0.4, -0.2) is 38.4 Å². The molecule has 1 aromatic carbocycles. The summed E-state index contributed by atoms with van der Waals surface area (Å²) in [6.07, 6.45) is 6.44. The summed E-state index contributed by atoms with van der Waals surface area (Å²) in [5.41, 5.74) is 2.02. The molecule has 1 aromatic rings. The van der Waals surface area contributed by atoms with E-state index >= 15 is 0 Å². The molecule has 1 amide bonds. The van der Waals surface area contributed by atoms with Crippen LogP contribution in [0.2, 0.25) is 0 Å². The van der Waals surface area contributed by atoms with Gasteiger partial charge in [-0.2, -0.15) is 0 Å². The standard InChI is InChI=1S/C18H27NO3/c1-2-3-4-5-6-15-7-9-16(10-8-15)18(20)19-11-12-21-13-17-14-22-17/h7-10,17H,2-6,11-14H2,1H3,(H,19,20). The highest BCUT2D eigenvalue weighted by Crippen LogP contribution is 2.10. The maximum absolute atomic E-state index is 12.0. The van der Waals surface area contributed by atoms with Crippen LogP contribution in [0.5, 0.6) is 0 Å². The number of ether oxygens (including phenoxy) is 2. The minimum atomic E-state index is -0.0381. The predicted octanol–water partition coefficient (Wildman–Crippen LogP) is 2.95. The van der Waals surface area contributed by atoms with Gasteiger partial charge in [0.1, 0.15) is 6.10 Å². The maximum atomic E-state index is 12.0. The number of rotatable bonds is 11. The summed E-state index contributed by atoms with van der Waals surface area (Å²) in [6.45, 7) is 4.71. The number of hydrogen-bond acceptors (Lipinski definition) is 3. The van der Waals surface area contributed by atoms with Crippen molar-refractivity contribution in [1.82, 2.24) is 5.32 Å². The van der Waals surface area contributed by atoms with Crippen LogP contribution in [0.15, 0.2) is 24.3 Å². The molecule has 1 unspecified atom stereocenters. The largest absolute Gasteiger partial charge is 0.377 e. The fourth-order valence-electron chi connectivity index (χ4n) is 2.30. The van der Waals surface area contributed by atoms with Crippen molar-refractivity contribution in [1.29, 1.82) is 0 Å². The Morgan fingerprint density at radius 1 is 1.27 bits per heavy atom. The van der Waals surface area contributed by atoms with Gasteiger partial charge in [-0.05, 0) is 30.5 Å². The Balaban J connectivity index is 1.61. The highest BCUT2D eigenvalue weighted by Gasteiger charge is 2.21. The minimum Gasteiger partial charge on any atom is -0.377 e. The molecule has 22 heavy (non-hydrogen) atoms. The van der Waals surface area contributed by atoms with E-state index in [1.807, 2.05) is 12.1 Å². The minimum absolute atomic E-state index is 0.0381. The van der Waals surface area contributed by atoms with Crippen LogP contribution in [0.3, 0.4) is 0 Å². The highest BCUT2D eigenvalue weighted by molar-refractivity contribution is 5.94. The molecule has 1 heterocycles. The first kappa shape index (κ1) is 17.0. The van der Waals surface area contributed by atoms with Gasteiger partial charge < -0.3 is 14.8 Å². The van der Waals surface area contributed by atoms with E-state index in [1.165, 1.54) is 31.2 Å². The Hall–Kier alpha value is -1.39. The van der Waals surface area contributed by atoms with Crippen LogP contribution < -0.4 is 5.32 Å². The van der Waals surface area contributed by atoms with Gasteiger partial charge >= 0.3 is 0 Å². The number of epoxide rings is 1. The van der Waals surface area contributed by atoms with Gasteiger partial charge in [-0.25, -0.2) is 0 Å². The van der Waals surface area contributed by atoms with E-state index in [4.69, 9.17) is 9.47 Å². The molecule has 1 aliphatic rings. The molecule has 0 spiro atoms. The Kier molecular flexibility index (Phi) is 7.40. The Bertz CT molecular complexity index is 440. The summed E-state index contributed by atoms with van der Waals surface area (Å²) in [7, 11) is 0. The maximum Gasteiger partial charge on any atom is 0.251 e. The molecule has 4 heteroatoms. The van der Waals surface area contributed by atoms with E-state index < -0.39 is 0 Å². The van der Waals surface area contributed by atoms with E-state index in [9.17, 15) is 4.79 Å². The van der Waals surface area contributed by atoms with Crippen LogP contribution in [0.25, 0.3) is 0 Å². The molecule has 0 aliphatic carbocycles. The molecule has 0 saturated carbocycles. The smallest absolute Gasteiger partial charge is 0.251 e. The summed E-state index contributed by atoms with van der Waals surface area (Å²) in [4.78, 5) is 12.0. The number of hydrogen-bond donors (Lipinski definition) is 1. The Morgan fingerprint density at radius 3 is 2.73 bits per heavy atom. The molecule has 1 aliphatic heterocycles. The summed E-state index contributed by atoms with van der Waals surface area (Å²) in [6, 6.07) is 7.93. The van der Waals surface area contributed by atoms with Gasteiger partial charge in [0.25, 0.3) is 5.91 Å². The first-order chi connectivity index (χ1) is 10.8. The molecule has 1 saturated heterocycles. The van der Waals surface area contributed by atoms with Crippen molar-refractivity contribution in [2.45, 2.75) is 45.1 Å². The van der Waals surface area contributed by atoms with Crippen LogP contribution >= 0.6 is 0 Å². The fourth-order valence-corrected chi connectivity index (χ4v) is 2.30. The molecule has 122 valence electrons. The zero-order valence-electron chi connectivity index (χ0n) is 13.5. The van der Waals surface area contributed by atoms with E-state index in [0.717, 1.165) is 13.0 Å². The number of nitrogens with one attached hydrogen (secondary N) is 1. The Labute approximate surface area is 133 Å². The number of unbranched alkanes of at least 4 members (excludes halogenated alkanes) is 3. The number of carbonyl (C=O) groups is 1. The van der Waals surface area contributed by atoms with E-state index in [2.05, 4.69) is 24.4 Å². The molecule has 0 radical (unpaired) electrons. The molecule has 1 N–H and O–H groups in total. The van der Waals surface area contributed by atoms with Gasteiger partial charge in [0, 0.05) is 12.1 Å². The van der Waals surface area contributed by atoms with Gasteiger partial charge in [0.2, 0.25) is 0 Å². The lowest BCUT2D eigenvalue weighted by molar-refractivity contribution is 0.0899. The molecule has 2 rings (SSSR count). The average Bonchev–Trinajstić information content (AvgIpc) is 3.36. The third-order valence-corrected chi connectivity index (χ3v) is 3.77. The second kappa shape index (κ2) is 9.59. The van der Waals surface area contributed by atoms with Gasteiger partial charge in [0.05, 0.1) is 19.8 Å². The zero-order valence-corrected chi connectivity index (χ0v) is 13.5. The molecule has 1 atom stereocenters. The lowest BCUT2D eigenvalue weighted by Gasteiger charge is -2.07.